The second-order valence-corrected chi connectivity index (χ2v) is 9.67. The van der Waals surface area contributed by atoms with Gasteiger partial charge in [0.25, 0.3) is 0 Å². The molecule has 0 nitrogen and oxygen atoms in total. The molecule has 2 heterocycles. The van der Waals surface area contributed by atoms with Crippen LogP contribution in [0.3, 0.4) is 0 Å². The molecule has 0 radical (unpaired) electrons. The highest BCUT2D eigenvalue weighted by molar-refractivity contribution is 6.64. The SMILES string of the molecule is CCCC1[C@H]2C[C@@H](C[C@H]1B1C3CCCC1CCC3)C2(C)C. The van der Waals surface area contributed by atoms with Crippen molar-refractivity contribution < 1.29 is 0 Å². The Labute approximate surface area is 132 Å². The average molecular weight is 286 g/mol. The molecule has 0 aromatic carbocycles. The van der Waals surface area contributed by atoms with Gasteiger partial charge in [-0.15, -0.1) is 0 Å². The van der Waals surface area contributed by atoms with Crippen molar-refractivity contribution in [1.29, 1.82) is 0 Å². The van der Waals surface area contributed by atoms with Crippen LogP contribution in [0.1, 0.15) is 85.0 Å². The summed E-state index contributed by atoms with van der Waals surface area (Å²) >= 11 is 0. The predicted molar refractivity (Wildman–Crippen MR) is 93.1 cm³/mol. The zero-order valence-corrected chi connectivity index (χ0v) is 14.6. The van der Waals surface area contributed by atoms with Gasteiger partial charge in [-0.05, 0) is 29.6 Å². The van der Waals surface area contributed by atoms with Crippen LogP contribution in [0.25, 0.3) is 0 Å². The largest absolute Gasteiger partial charge is 0.149 e. The van der Waals surface area contributed by atoms with E-state index in [1.54, 1.807) is 51.4 Å². The molecule has 118 valence electrons. The highest BCUT2D eigenvalue weighted by atomic mass is 14.6. The first-order chi connectivity index (χ1) is 10.1. The zero-order valence-electron chi connectivity index (χ0n) is 14.6. The quantitative estimate of drug-likeness (QED) is 0.523. The maximum Gasteiger partial charge on any atom is 0.149 e. The Morgan fingerprint density at radius 1 is 0.952 bits per heavy atom. The van der Waals surface area contributed by atoms with Gasteiger partial charge in [0.1, 0.15) is 6.71 Å². The van der Waals surface area contributed by atoms with E-state index in [2.05, 4.69) is 20.8 Å². The van der Waals surface area contributed by atoms with Gasteiger partial charge in [0.2, 0.25) is 0 Å². The van der Waals surface area contributed by atoms with Gasteiger partial charge in [-0.2, -0.15) is 0 Å². The molecule has 0 spiro atoms. The van der Waals surface area contributed by atoms with E-state index in [1.807, 2.05) is 0 Å². The molecule has 4 bridgehead atoms. The third-order valence-corrected chi connectivity index (χ3v) is 8.67. The van der Waals surface area contributed by atoms with E-state index >= 15 is 0 Å². The molecule has 5 fully saturated rings. The molecule has 4 atom stereocenters. The minimum Gasteiger partial charge on any atom is -0.0654 e. The normalized spacial score (nSPS) is 47.9. The van der Waals surface area contributed by atoms with Crippen molar-refractivity contribution in [2.75, 3.05) is 0 Å². The summed E-state index contributed by atoms with van der Waals surface area (Å²) in [5.41, 5.74) is 0.681. The Kier molecular flexibility index (Phi) is 3.70. The summed E-state index contributed by atoms with van der Waals surface area (Å²) in [5.74, 6) is 6.61. The molecule has 0 aromatic rings. The van der Waals surface area contributed by atoms with Gasteiger partial charge in [0, 0.05) is 0 Å². The standard InChI is InChI=1S/C20H35B/c1-4-7-17-18-12-14(20(18,2)3)13-19(17)21-15-8-5-9-16(21)11-6-10-15/h14-19H,4-13H2,1-3H3/t14-,15?,16?,17?,18+,19+/m0/s1. The molecule has 5 aliphatic rings. The van der Waals surface area contributed by atoms with E-state index in [-0.39, 0.29) is 0 Å². The molecule has 2 saturated heterocycles. The first-order valence-electron chi connectivity index (χ1n) is 10.1. The molecule has 1 heteroatoms. The Morgan fingerprint density at radius 2 is 1.57 bits per heavy atom. The third kappa shape index (κ3) is 2.16. The van der Waals surface area contributed by atoms with Crippen LogP contribution in [0.2, 0.25) is 17.5 Å². The Balaban J connectivity index is 1.59. The van der Waals surface area contributed by atoms with Crippen molar-refractivity contribution in [2.24, 2.45) is 23.2 Å². The lowest BCUT2D eigenvalue weighted by Crippen LogP contribution is -2.58. The van der Waals surface area contributed by atoms with E-state index < -0.39 is 0 Å². The monoisotopic (exact) mass is 286 g/mol. The maximum absolute atomic E-state index is 2.59. The van der Waals surface area contributed by atoms with E-state index in [4.69, 9.17) is 0 Å². The van der Waals surface area contributed by atoms with Crippen molar-refractivity contribution in [3.8, 4) is 0 Å². The van der Waals surface area contributed by atoms with Crippen LogP contribution in [0.15, 0.2) is 0 Å². The lowest BCUT2D eigenvalue weighted by Gasteiger charge is -2.65. The van der Waals surface area contributed by atoms with Gasteiger partial charge in [-0.1, -0.05) is 96.0 Å². The van der Waals surface area contributed by atoms with E-state index in [0.29, 0.717) is 5.41 Å². The molecule has 21 heavy (non-hydrogen) atoms. The number of fused-ring (bicyclic) bond motifs is 5. The Morgan fingerprint density at radius 3 is 2.10 bits per heavy atom. The maximum atomic E-state index is 2.59. The third-order valence-electron chi connectivity index (χ3n) is 8.67. The second-order valence-electron chi connectivity index (χ2n) is 9.67. The van der Waals surface area contributed by atoms with Crippen molar-refractivity contribution in [2.45, 2.75) is 102 Å². The zero-order chi connectivity index (χ0) is 14.6. The summed E-state index contributed by atoms with van der Waals surface area (Å²) in [6.07, 6.45) is 15.5. The molecule has 3 saturated carbocycles. The fourth-order valence-corrected chi connectivity index (χ4v) is 7.60. The van der Waals surface area contributed by atoms with Gasteiger partial charge in [0.15, 0.2) is 0 Å². The first kappa shape index (κ1) is 14.6. The van der Waals surface area contributed by atoms with Crippen LogP contribution in [0.5, 0.6) is 0 Å². The van der Waals surface area contributed by atoms with Crippen molar-refractivity contribution in [3.63, 3.8) is 0 Å². The second kappa shape index (κ2) is 5.31. The first-order valence-corrected chi connectivity index (χ1v) is 10.1. The highest BCUT2D eigenvalue weighted by Crippen LogP contribution is 2.68. The van der Waals surface area contributed by atoms with E-state index in [1.165, 1.54) is 12.8 Å². The summed E-state index contributed by atoms with van der Waals surface area (Å²) in [7, 11) is 0. The molecule has 0 amide bonds. The van der Waals surface area contributed by atoms with Gasteiger partial charge < -0.3 is 0 Å². The van der Waals surface area contributed by atoms with Crippen molar-refractivity contribution >= 4 is 6.71 Å². The lowest BCUT2D eigenvalue weighted by atomic mass is 9.18. The fraction of sp³-hybridized carbons (Fsp3) is 1.00. The molecule has 1 unspecified atom stereocenters. The van der Waals surface area contributed by atoms with Gasteiger partial charge >= 0.3 is 0 Å². The number of hydrogen-bond acceptors (Lipinski definition) is 0. The summed E-state index contributed by atoms with van der Waals surface area (Å²) < 4.78 is 0. The van der Waals surface area contributed by atoms with Crippen LogP contribution in [-0.4, -0.2) is 6.71 Å². The van der Waals surface area contributed by atoms with Crippen LogP contribution in [0.4, 0.5) is 0 Å². The predicted octanol–water partition coefficient (Wildman–Crippen LogP) is 6.44. The summed E-state index contributed by atoms with van der Waals surface area (Å²) in [4.78, 5) is 0. The van der Waals surface area contributed by atoms with Gasteiger partial charge in [0.05, 0.1) is 0 Å². The topological polar surface area (TPSA) is 0 Å². The fourth-order valence-electron chi connectivity index (χ4n) is 7.60. The van der Waals surface area contributed by atoms with E-state index in [0.717, 1.165) is 41.9 Å². The summed E-state index contributed by atoms with van der Waals surface area (Å²) in [5, 5.41) is 0. The van der Waals surface area contributed by atoms with Crippen LogP contribution >= 0.6 is 0 Å². The molecular formula is C20H35B. The molecule has 0 N–H and O–H groups in total. The van der Waals surface area contributed by atoms with Crippen LogP contribution in [-0.2, 0) is 0 Å². The van der Waals surface area contributed by atoms with Crippen molar-refractivity contribution in [3.05, 3.63) is 0 Å². The van der Waals surface area contributed by atoms with Gasteiger partial charge in [-0.3, -0.25) is 0 Å². The van der Waals surface area contributed by atoms with Crippen LogP contribution < -0.4 is 0 Å². The lowest BCUT2D eigenvalue weighted by molar-refractivity contribution is -0.107. The van der Waals surface area contributed by atoms with Crippen LogP contribution in [0, 0.1) is 23.2 Å². The minimum absolute atomic E-state index is 0.681. The molecule has 5 rings (SSSR count). The van der Waals surface area contributed by atoms with E-state index in [9.17, 15) is 0 Å². The molecule has 0 aromatic heterocycles. The molecule has 2 aliphatic heterocycles. The Hall–Kier alpha value is 0.0649. The average Bonchev–Trinajstić information content (AvgIpc) is 2.46. The molecule has 3 aliphatic carbocycles. The summed E-state index contributed by atoms with van der Waals surface area (Å²) in [6.45, 7) is 8.75. The minimum atomic E-state index is 0.681. The Bertz CT molecular complexity index is 365. The highest BCUT2D eigenvalue weighted by Gasteiger charge is 2.60. The smallest absolute Gasteiger partial charge is 0.0654 e. The van der Waals surface area contributed by atoms with Gasteiger partial charge in [-0.25, -0.2) is 0 Å². The molecular weight excluding hydrogens is 251 g/mol. The number of hydrogen-bond donors (Lipinski definition) is 0. The summed E-state index contributed by atoms with van der Waals surface area (Å²) in [6, 6.07) is 0. The van der Waals surface area contributed by atoms with Crippen molar-refractivity contribution in [1.82, 2.24) is 0 Å². The number of rotatable bonds is 3.